The van der Waals surface area contributed by atoms with Crippen molar-refractivity contribution >= 4 is 23.5 Å². The molecular weight excluding hydrogens is 244 g/mol. The van der Waals surface area contributed by atoms with E-state index in [9.17, 15) is 0 Å². The fourth-order valence-corrected chi connectivity index (χ4v) is 3.41. The van der Waals surface area contributed by atoms with E-state index in [1.807, 2.05) is 31.8 Å². The molecule has 1 aliphatic rings. The highest BCUT2D eigenvalue weighted by atomic mass is 32.2. The average molecular weight is 266 g/mol. The molecule has 1 aromatic heterocycles. The summed E-state index contributed by atoms with van der Waals surface area (Å²) in [6, 6.07) is 2.00. The lowest BCUT2D eigenvalue weighted by Gasteiger charge is -2.27. The van der Waals surface area contributed by atoms with Crippen LogP contribution in [0.3, 0.4) is 0 Å². The molecule has 1 aliphatic carbocycles. The number of nitrogens with one attached hydrogen (secondary N) is 2. The van der Waals surface area contributed by atoms with E-state index in [4.69, 9.17) is 0 Å². The molecule has 100 valence electrons. The van der Waals surface area contributed by atoms with Crippen molar-refractivity contribution in [2.24, 2.45) is 0 Å². The van der Waals surface area contributed by atoms with E-state index in [1.54, 1.807) is 0 Å². The monoisotopic (exact) mass is 266 g/mol. The van der Waals surface area contributed by atoms with E-state index in [-0.39, 0.29) is 0 Å². The Morgan fingerprint density at radius 2 is 2.06 bits per heavy atom. The second-order valence-corrected chi connectivity index (χ2v) is 6.19. The van der Waals surface area contributed by atoms with E-state index in [0.29, 0.717) is 10.7 Å². The maximum Gasteiger partial charge on any atom is 0.224 e. The third kappa shape index (κ3) is 3.07. The summed E-state index contributed by atoms with van der Waals surface area (Å²) in [5.41, 5.74) is 0.987. The van der Waals surface area contributed by atoms with Crippen molar-refractivity contribution in [3.8, 4) is 0 Å². The molecule has 0 aromatic carbocycles. The largest absolute Gasteiger partial charge is 0.369 e. The van der Waals surface area contributed by atoms with Crippen LogP contribution in [0.2, 0.25) is 0 Å². The lowest BCUT2D eigenvalue weighted by Crippen LogP contribution is -2.30. The summed E-state index contributed by atoms with van der Waals surface area (Å²) in [6.07, 6.45) is 7.55. The Labute approximate surface area is 113 Å². The topological polar surface area (TPSA) is 49.8 Å². The van der Waals surface area contributed by atoms with Crippen LogP contribution in [-0.4, -0.2) is 34.6 Å². The Hall–Kier alpha value is -0.970. The number of hydrogen-bond acceptors (Lipinski definition) is 5. The molecule has 5 heteroatoms. The molecule has 0 atom stereocenters. The second kappa shape index (κ2) is 5.78. The highest BCUT2D eigenvalue weighted by molar-refractivity contribution is 8.00. The van der Waals surface area contributed by atoms with Gasteiger partial charge in [0, 0.05) is 30.1 Å². The molecule has 0 amide bonds. The molecule has 2 N–H and O–H groups in total. The molecule has 1 fully saturated rings. The summed E-state index contributed by atoms with van der Waals surface area (Å²) >= 11 is 1.99. The molecule has 0 radical (unpaired) electrons. The van der Waals surface area contributed by atoms with Crippen LogP contribution in [0.5, 0.6) is 0 Å². The van der Waals surface area contributed by atoms with Gasteiger partial charge in [0.1, 0.15) is 5.82 Å². The summed E-state index contributed by atoms with van der Waals surface area (Å²) < 4.78 is 0.401. The fourth-order valence-electron chi connectivity index (χ4n) is 2.49. The Kier molecular flexibility index (Phi) is 4.32. The van der Waals surface area contributed by atoms with Gasteiger partial charge in [-0.25, -0.2) is 4.98 Å². The SMILES string of the molecule is CNc1nc(C)cc(NCC2(SC)CCCC2)n1. The summed E-state index contributed by atoms with van der Waals surface area (Å²) in [6.45, 7) is 2.99. The van der Waals surface area contributed by atoms with Crippen molar-refractivity contribution in [3.63, 3.8) is 0 Å². The van der Waals surface area contributed by atoms with Crippen molar-refractivity contribution in [2.75, 3.05) is 30.5 Å². The molecule has 1 aromatic rings. The molecular formula is C13H22N4S. The van der Waals surface area contributed by atoms with Gasteiger partial charge in [0.05, 0.1) is 0 Å². The number of thioether (sulfide) groups is 1. The molecule has 2 rings (SSSR count). The Balaban J connectivity index is 2.03. The normalized spacial score (nSPS) is 17.7. The van der Waals surface area contributed by atoms with Crippen LogP contribution in [0.15, 0.2) is 6.07 Å². The minimum Gasteiger partial charge on any atom is -0.369 e. The maximum absolute atomic E-state index is 4.44. The molecule has 4 nitrogen and oxygen atoms in total. The predicted octanol–water partition coefficient (Wildman–Crippen LogP) is 2.91. The van der Waals surface area contributed by atoms with Crippen molar-refractivity contribution in [3.05, 3.63) is 11.8 Å². The Morgan fingerprint density at radius 1 is 1.33 bits per heavy atom. The van der Waals surface area contributed by atoms with Gasteiger partial charge in [-0.3, -0.25) is 0 Å². The van der Waals surface area contributed by atoms with Gasteiger partial charge in [0.15, 0.2) is 0 Å². The second-order valence-electron chi connectivity index (χ2n) is 4.92. The zero-order chi connectivity index (χ0) is 13.0. The first-order valence-corrected chi connectivity index (χ1v) is 7.72. The maximum atomic E-state index is 4.44. The summed E-state index contributed by atoms with van der Waals surface area (Å²) in [5.74, 6) is 1.61. The molecule has 18 heavy (non-hydrogen) atoms. The Bertz CT molecular complexity index is 402. The quantitative estimate of drug-likeness (QED) is 0.858. The van der Waals surface area contributed by atoms with Crippen molar-refractivity contribution in [1.82, 2.24) is 9.97 Å². The molecule has 0 aliphatic heterocycles. The zero-order valence-corrected chi connectivity index (χ0v) is 12.2. The molecule has 0 unspecified atom stereocenters. The van der Waals surface area contributed by atoms with Crippen LogP contribution < -0.4 is 10.6 Å². The van der Waals surface area contributed by atoms with Crippen LogP contribution in [-0.2, 0) is 0 Å². The predicted molar refractivity (Wildman–Crippen MR) is 79.5 cm³/mol. The van der Waals surface area contributed by atoms with Gasteiger partial charge >= 0.3 is 0 Å². The molecule has 1 heterocycles. The van der Waals surface area contributed by atoms with Crippen molar-refractivity contribution in [1.29, 1.82) is 0 Å². The van der Waals surface area contributed by atoms with Crippen LogP contribution >= 0.6 is 11.8 Å². The van der Waals surface area contributed by atoms with Crippen LogP contribution in [0.4, 0.5) is 11.8 Å². The van der Waals surface area contributed by atoms with E-state index in [2.05, 4.69) is 26.9 Å². The highest BCUT2D eigenvalue weighted by Gasteiger charge is 2.32. The minimum atomic E-state index is 0.401. The van der Waals surface area contributed by atoms with Crippen LogP contribution in [0, 0.1) is 6.92 Å². The third-order valence-electron chi connectivity index (χ3n) is 3.62. The lowest BCUT2D eigenvalue weighted by atomic mass is 10.1. The van der Waals surface area contributed by atoms with E-state index >= 15 is 0 Å². The molecule has 1 saturated carbocycles. The van der Waals surface area contributed by atoms with Crippen LogP contribution in [0.1, 0.15) is 31.4 Å². The molecule has 0 bridgehead atoms. The highest BCUT2D eigenvalue weighted by Crippen LogP contribution is 2.40. The third-order valence-corrected chi connectivity index (χ3v) is 5.04. The van der Waals surface area contributed by atoms with E-state index < -0.39 is 0 Å². The Morgan fingerprint density at radius 3 is 2.67 bits per heavy atom. The first-order chi connectivity index (χ1) is 8.67. The first-order valence-electron chi connectivity index (χ1n) is 6.50. The molecule has 0 saturated heterocycles. The van der Waals surface area contributed by atoms with Crippen molar-refractivity contribution in [2.45, 2.75) is 37.4 Å². The summed E-state index contributed by atoms with van der Waals surface area (Å²) in [5, 5.41) is 6.47. The van der Waals surface area contributed by atoms with Crippen molar-refractivity contribution < 1.29 is 0 Å². The van der Waals surface area contributed by atoms with Gasteiger partial charge in [-0.15, -0.1) is 0 Å². The van der Waals surface area contributed by atoms with Gasteiger partial charge in [0.25, 0.3) is 0 Å². The van der Waals surface area contributed by atoms with E-state index in [0.717, 1.165) is 18.1 Å². The van der Waals surface area contributed by atoms with Crippen LogP contribution in [0.25, 0.3) is 0 Å². The number of anilines is 2. The number of rotatable bonds is 5. The molecule has 0 spiro atoms. The average Bonchev–Trinajstić information content (AvgIpc) is 2.85. The van der Waals surface area contributed by atoms with Gasteiger partial charge < -0.3 is 10.6 Å². The minimum absolute atomic E-state index is 0.401. The summed E-state index contributed by atoms with van der Waals surface area (Å²) in [7, 11) is 1.85. The smallest absolute Gasteiger partial charge is 0.224 e. The van der Waals surface area contributed by atoms with E-state index in [1.165, 1.54) is 25.7 Å². The first kappa shape index (κ1) is 13.5. The lowest BCUT2D eigenvalue weighted by molar-refractivity contribution is 0.638. The number of aryl methyl sites for hydroxylation is 1. The van der Waals surface area contributed by atoms with Gasteiger partial charge in [-0.1, -0.05) is 12.8 Å². The number of aromatic nitrogens is 2. The van der Waals surface area contributed by atoms with Gasteiger partial charge in [-0.2, -0.15) is 16.7 Å². The zero-order valence-electron chi connectivity index (χ0n) is 11.4. The number of hydrogen-bond donors (Lipinski definition) is 2. The number of nitrogens with zero attached hydrogens (tertiary/aromatic N) is 2. The van der Waals surface area contributed by atoms with Gasteiger partial charge in [-0.05, 0) is 26.0 Å². The fraction of sp³-hybridized carbons (Fsp3) is 0.692. The van der Waals surface area contributed by atoms with Gasteiger partial charge in [0.2, 0.25) is 5.95 Å². The summed E-state index contributed by atoms with van der Waals surface area (Å²) in [4.78, 5) is 8.74. The standard InChI is InChI=1S/C13H22N4S/c1-10-8-11(17-12(14-2)16-10)15-9-13(18-3)6-4-5-7-13/h8H,4-7,9H2,1-3H3,(H2,14,15,16,17).